The van der Waals surface area contributed by atoms with Crippen LogP contribution >= 0.6 is 0 Å². The molecule has 0 unspecified atom stereocenters. The van der Waals surface area contributed by atoms with Gasteiger partial charge in [0.25, 0.3) is 17.7 Å². The van der Waals surface area contributed by atoms with Gasteiger partial charge in [-0.25, -0.2) is 9.37 Å². The van der Waals surface area contributed by atoms with Gasteiger partial charge >= 0.3 is 0 Å². The van der Waals surface area contributed by atoms with Crippen molar-refractivity contribution < 1.29 is 24.2 Å². The van der Waals surface area contributed by atoms with Crippen LogP contribution in [0.4, 0.5) is 4.39 Å². The minimum atomic E-state index is -1.22. The van der Waals surface area contributed by atoms with Crippen molar-refractivity contribution in [1.29, 1.82) is 0 Å². The van der Waals surface area contributed by atoms with Crippen LogP contribution in [0.15, 0.2) is 48.7 Å². The normalized spacial score (nSPS) is 11.1. The number of hydrogen-bond donors (Lipinski definition) is 4. The number of nitrogens with zero attached hydrogens (tertiary/aromatic N) is 3. The summed E-state index contributed by atoms with van der Waals surface area (Å²) >= 11 is 0. The molecule has 2 heterocycles. The van der Waals surface area contributed by atoms with Crippen LogP contribution in [0, 0.1) is 5.82 Å². The molecule has 0 atom stereocenters. The van der Waals surface area contributed by atoms with Crippen LogP contribution in [-0.2, 0) is 12.1 Å². The summed E-state index contributed by atoms with van der Waals surface area (Å²) in [6.45, 7) is 3.18. The highest BCUT2D eigenvalue weighted by Gasteiger charge is 2.31. The Kier molecular flexibility index (Phi) is 6.10. The van der Waals surface area contributed by atoms with Crippen LogP contribution in [0.2, 0.25) is 0 Å². The quantitative estimate of drug-likeness (QED) is 0.474. The Bertz CT molecular complexity index is 1100. The van der Waals surface area contributed by atoms with Crippen molar-refractivity contribution in [2.75, 3.05) is 0 Å². The van der Waals surface area contributed by atoms with Gasteiger partial charge in [0.2, 0.25) is 5.75 Å². The van der Waals surface area contributed by atoms with Gasteiger partial charge < -0.3 is 20.8 Å². The molecule has 1 aromatic carbocycles. The predicted molar refractivity (Wildman–Crippen MR) is 108 cm³/mol. The molecule has 0 saturated carbocycles. The monoisotopic (exact) mass is 425 g/mol. The number of aromatic hydroxyl groups is 2. The van der Waals surface area contributed by atoms with Crippen molar-refractivity contribution in [2.45, 2.75) is 25.9 Å². The highest BCUT2D eigenvalue weighted by Crippen LogP contribution is 2.29. The molecule has 31 heavy (non-hydrogen) atoms. The van der Waals surface area contributed by atoms with Gasteiger partial charge in [-0.05, 0) is 43.7 Å². The van der Waals surface area contributed by atoms with Crippen LogP contribution in [0.3, 0.4) is 0 Å². The van der Waals surface area contributed by atoms with Crippen molar-refractivity contribution >= 4 is 11.8 Å². The van der Waals surface area contributed by atoms with E-state index >= 15 is 0 Å². The van der Waals surface area contributed by atoms with E-state index in [1.807, 2.05) is 0 Å². The molecule has 9 nitrogen and oxygen atoms in total. The van der Waals surface area contributed by atoms with E-state index in [0.717, 1.165) is 0 Å². The maximum atomic E-state index is 13.0. The van der Waals surface area contributed by atoms with Crippen molar-refractivity contribution in [3.05, 3.63) is 77.3 Å². The Hall–Kier alpha value is -4.08. The average molecular weight is 425 g/mol. The molecule has 0 aliphatic rings. The molecule has 0 aliphatic heterocycles. The van der Waals surface area contributed by atoms with E-state index < -0.39 is 40.5 Å². The first-order valence-electron chi connectivity index (χ1n) is 9.24. The van der Waals surface area contributed by atoms with Gasteiger partial charge in [0, 0.05) is 12.7 Å². The lowest BCUT2D eigenvalue weighted by molar-refractivity contribution is 0.0902. The number of nitrogens with one attached hydrogen (secondary N) is 2. The minimum absolute atomic E-state index is 0.0401. The third kappa shape index (κ3) is 5.10. The topological polar surface area (TPSA) is 137 Å². The Morgan fingerprint density at radius 2 is 1.74 bits per heavy atom. The summed E-state index contributed by atoms with van der Waals surface area (Å²) in [6, 6.07) is 10.3. The number of hydrogen-bond acceptors (Lipinski definition) is 7. The summed E-state index contributed by atoms with van der Waals surface area (Å²) in [5, 5.41) is 25.3. The van der Waals surface area contributed by atoms with E-state index in [4.69, 9.17) is 0 Å². The van der Waals surface area contributed by atoms with Crippen LogP contribution in [-0.4, -0.2) is 37.0 Å². The smallest absolute Gasteiger partial charge is 0.274 e. The fourth-order valence-electron chi connectivity index (χ4n) is 2.65. The van der Waals surface area contributed by atoms with Gasteiger partial charge in [0.15, 0.2) is 11.5 Å². The fourth-order valence-corrected chi connectivity index (χ4v) is 2.65. The molecule has 2 amide bonds. The molecule has 0 saturated heterocycles. The Labute approximate surface area is 177 Å². The Morgan fingerprint density at radius 1 is 1.03 bits per heavy atom. The van der Waals surface area contributed by atoms with Gasteiger partial charge in [-0.15, -0.1) is 0 Å². The number of carbonyl (C=O) groups excluding carboxylic acids is 2. The summed E-state index contributed by atoms with van der Waals surface area (Å²) in [6.07, 6.45) is 1.47. The highest BCUT2D eigenvalue weighted by molar-refractivity contribution is 5.95. The minimum Gasteiger partial charge on any atom is -0.501 e. The first-order chi connectivity index (χ1) is 14.7. The van der Waals surface area contributed by atoms with Crippen LogP contribution in [0.5, 0.6) is 11.6 Å². The fraction of sp³-hybridized carbons (Fsp3) is 0.190. The van der Waals surface area contributed by atoms with E-state index in [0.29, 0.717) is 5.56 Å². The van der Waals surface area contributed by atoms with Gasteiger partial charge in [-0.3, -0.25) is 14.6 Å². The number of rotatable bonds is 6. The molecule has 160 valence electrons. The molecule has 4 N–H and O–H groups in total. The zero-order chi connectivity index (χ0) is 22.6. The Balaban J connectivity index is 1.81. The van der Waals surface area contributed by atoms with Crippen molar-refractivity contribution in [2.24, 2.45) is 0 Å². The average Bonchev–Trinajstić information content (AvgIpc) is 2.75. The molecular formula is C21H20FN5O4. The number of halogens is 1. The summed E-state index contributed by atoms with van der Waals surface area (Å²) in [4.78, 5) is 36.8. The number of aromatic nitrogens is 3. The maximum Gasteiger partial charge on any atom is 0.274 e. The summed E-state index contributed by atoms with van der Waals surface area (Å²) in [5.41, 5.74) is -0.900. The summed E-state index contributed by atoms with van der Waals surface area (Å²) in [7, 11) is 0. The van der Waals surface area contributed by atoms with E-state index in [1.54, 1.807) is 26.0 Å². The second kappa shape index (κ2) is 8.74. The van der Waals surface area contributed by atoms with Gasteiger partial charge in [0.1, 0.15) is 11.5 Å². The first-order valence-corrected chi connectivity index (χ1v) is 9.24. The largest absolute Gasteiger partial charge is 0.501 e. The first kappa shape index (κ1) is 21.6. The third-order valence-electron chi connectivity index (χ3n) is 4.33. The molecular weight excluding hydrogens is 405 g/mol. The molecule has 0 aliphatic carbocycles. The molecule has 3 aromatic rings. The number of carbonyl (C=O) groups is 2. The lowest BCUT2D eigenvalue weighted by Crippen LogP contribution is -2.43. The van der Waals surface area contributed by atoms with Crippen molar-refractivity contribution in [1.82, 2.24) is 25.6 Å². The van der Waals surface area contributed by atoms with Crippen molar-refractivity contribution in [3.63, 3.8) is 0 Å². The summed E-state index contributed by atoms with van der Waals surface area (Å²) in [5.74, 6) is -3.41. The van der Waals surface area contributed by atoms with E-state index in [-0.39, 0.29) is 18.1 Å². The predicted octanol–water partition coefficient (Wildman–Crippen LogP) is 2.02. The number of benzene rings is 1. The molecule has 0 radical (unpaired) electrons. The standard InChI is InChI=1S/C21H20FN5O4/c1-21(2,27-17(29)14-5-3-4-10-23-14)20-25-15(16(28)19(31)26-20)18(30)24-11-12-6-8-13(22)9-7-12/h3-10,28H,11H2,1-2H3,(H,24,30)(H,27,29)(H,25,26,31). The van der Waals surface area contributed by atoms with E-state index in [1.165, 1.54) is 36.5 Å². The van der Waals surface area contributed by atoms with E-state index in [2.05, 4.69) is 25.6 Å². The van der Waals surface area contributed by atoms with Gasteiger partial charge in [-0.1, -0.05) is 18.2 Å². The second-order valence-electron chi connectivity index (χ2n) is 7.17. The lowest BCUT2D eigenvalue weighted by atomic mass is 10.0. The molecule has 0 bridgehead atoms. The Morgan fingerprint density at radius 3 is 2.39 bits per heavy atom. The zero-order valence-corrected chi connectivity index (χ0v) is 16.8. The molecule has 2 aromatic heterocycles. The van der Waals surface area contributed by atoms with Crippen LogP contribution in [0.25, 0.3) is 0 Å². The number of amides is 2. The summed E-state index contributed by atoms with van der Waals surface area (Å²) < 4.78 is 13.0. The lowest BCUT2D eigenvalue weighted by Gasteiger charge is -2.25. The van der Waals surface area contributed by atoms with Gasteiger partial charge in [0.05, 0.1) is 5.54 Å². The maximum absolute atomic E-state index is 13.0. The number of pyridine rings is 1. The molecule has 0 fully saturated rings. The third-order valence-corrected chi connectivity index (χ3v) is 4.33. The zero-order valence-electron chi connectivity index (χ0n) is 16.8. The molecule has 0 spiro atoms. The molecule has 10 heteroatoms. The highest BCUT2D eigenvalue weighted by atomic mass is 19.1. The SMILES string of the molecule is CC(C)(NC(=O)c1ccccn1)c1nc(O)c(O)c(C(=O)NCc2ccc(F)cc2)n1. The van der Waals surface area contributed by atoms with Crippen LogP contribution < -0.4 is 10.6 Å². The van der Waals surface area contributed by atoms with Gasteiger partial charge in [-0.2, -0.15) is 4.98 Å². The van der Waals surface area contributed by atoms with Crippen LogP contribution in [0.1, 0.15) is 46.2 Å². The van der Waals surface area contributed by atoms with E-state index in [9.17, 15) is 24.2 Å². The molecule has 3 rings (SSSR count). The van der Waals surface area contributed by atoms with Crippen molar-refractivity contribution in [3.8, 4) is 11.6 Å². The second-order valence-corrected chi connectivity index (χ2v) is 7.17.